The van der Waals surface area contributed by atoms with Gasteiger partial charge in [0.1, 0.15) is 0 Å². The molecule has 0 spiro atoms. The molecule has 3 unspecified atom stereocenters. The summed E-state index contributed by atoms with van der Waals surface area (Å²) in [4.78, 5) is 14.3. The Morgan fingerprint density at radius 1 is 1.33 bits per heavy atom. The number of carbonyl (C=O) groups is 1. The smallest absolute Gasteiger partial charge is 0.223 e. The van der Waals surface area contributed by atoms with Crippen LogP contribution in [0.2, 0.25) is 5.02 Å². The number of ether oxygens (including phenoxy) is 1. The van der Waals surface area contributed by atoms with Gasteiger partial charge in [-0.3, -0.25) is 4.79 Å². The van der Waals surface area contributed by atoms with Gasteiger partial charge in [0.15, 0.2) is 0 Å². The van der Waals surface area contributed by atoms with E-state index in [0.717, 1.165) is 25.0 Å². The maximum Gasteiger partial charge on any atom is 0.223 e. The van der Waals surface area contributed by atoms with Gasteiger partial charge in [0, 0.05) is 30.6 Å². The molecule has 0 radical (unpaired) electrons. The largest absolute Gasteiger partial charge is 0.376 e. The third-order valence-electron chi connectivity index (χ3n) is 4.40. The van der Waals surface area contributed by atoms with Crippen molar-refractivity contribution in [1.29, 1.82) is 0 Å². The topological polar surface area (TPSA) is 55.6 Å². The number of hydrogen-bond donors (Lipinski definition) is 1. The van der Waals surface area contributed by atoms with Crippen molar-refractivity contribution in [1.82, 2.24) is 4.90 Å². The highest BCUT2D eigenvalue weighted by molar-refractivity contribution is 6.31. The summed E-state index contributed by atoms with van der Waals surface area (Å²) >= 11 is 6.33. The van der Waals surface area contributed by atoms with E-state index >= 15 is 0 Å². The van der Waals surface area contributed by atoms with Crippen LogP contribution in [0.5, 0.6) is 0 Å². The molecule has 3 atom stereocenters. The maximum absolute atomic E-state index is 12.4. The number of rotatable bonds is 3. The number of carbonyl (C=O) groups excluding carboxylic acids is 1. The Kier molecular flexibility index (Phi) is 4.48. The second kappa shape index (κ2) is 6.34. The molecule has 0 saturated carbocycles. The van der Waals surface area contributed by atoms with E-state index in [2.05, 4.69) is 0 Å². The van der Waals surface area contributed by atoms with Gasteiger partial charge in [-0.2, -0.15) is 0 Å². The first-order valence-electron chi connectivity index (χ1n) is 7.58. The number of piperidine rings is 1. The Labute approximate surface area is 130 Å². The van der Waals surface area contributed by atoms with Crippen LogP contribution in [-0.4, -0.2) is 36.1 Å². The first-order valence-corrected chi connectivity index (χ1v) is 7.95. The lowest BCUT2D eigenvalue weighted by Gasteiger charge is -2.41. The molecule has 2 saturated heterocycles. The van der Waals surface area contributed by atoms with Gasteiger partial charge in [0.05, 0.1) is 12.1 Å². The summed E-state index contributed by atoms with van der Waals surface area (Å²) in [5.41, 5.74) is 7.26. The quantitative estimate of drug-likeness (QED) is 0.933. The Balaban J connectivity index is 1.88. The summed E-state index contributed by atoms with van der Waals surface area (Å²) in [6, 6.07) is 7.43. The fraction of sp³-hybridized carbons (Fsp3) is 0.562. The number of nitrogens with zero attached hydrogens (tertiary/aromatic N) is 1. The Morgan fingerprint density at radius 2 is 2.14 bits per heavy atom. The molecule has 0 bridgehead atoms. The van der Waals surface area contributed by atoms with Gasteiger partial charge in [-0.15, -0.1) is 0 Å². The van der Waals surface area contributed by atoms with E-state index in [1.54, 1.807) is 0 Å². The second-order valence-corrected chi connectivity index (χ2v) is 6.26. The molecule has 2 aliphatic rings. The normalized spacial score (nSPS) is 29.9. The monoisotopic (exact) mass is 308 g/mol. The predicted molar refractivity (Wildman–Crippen MR) is 82.1 cm³/mol. The van der Waals surface area contributed by atoms with Crippen LogP contribution in [0.1, 0.15) is 37.3 Å². The summed E-state index contributed by atoms with van der Waals surface area (Å²) in [6.07, 6.45) is 3.42. The van der Waals surface area contributed by atoms with Crippen LogP contribution in [0.25, 0.3) is 0 Å². The van der Waals surface area contributed by atoms with Crippen LogP contribution in [0, 0.1) is 0 Å². The zero-order valence-electron chi connectivity index (χ0n) is 12.0. The van der Waals surface area contributed by atoms with Gasteiger partial charge in [0.25, 0.3) is 0 Å². The molecule has 2 aliphatic heterocycles. The Bertz CT molecular complexity index is 517. The van der Waals surface area contributed by atoms with E-state index in [1.165, 1.54) is 0 Å². The van der Waals surface area contributed by atoms with E-state index in [0.29, 0.717) is 24.4 Å². The summed E-state index contributed by atoms with van der Waals surface area (Å²) in [5, 5.41) is 0.671. The molecule has 5 heteroatoms. The average Bonchev–Trinajstić information content (AvgIpc) is 2.98. The van der Waals surface area contributed by atoms with Crippen molar-refractivity contribution >= 4 is 17.5 Å². The minimum absolute atomic E-state index is 0.0796. The number of nitrogens with two attached hydrogens (primary N) is 1. The van der Waals surface area contributed by atoms with Crippen LogP contribution < -0.4 is 5.73 Å². The highest BCUT2D eigenvalue weighted by Crippen LogP contribution is 2.35. The standard InChI is InChI=1S/C16H21ClN2O2/c17-13-6-2-1-5-12(13)16-14(18)7-8-15(20)19(16)10-11-4-3-9-21-11/h1-2,5-6,11,14,16H,3-4,7-10,18H2. The minimum atomic E-state index is -0.149. The van der Waals surface area contributed by atoms with Crippen molar-refractivity contribution < 1.29 is 9.53 Å². The summed E-state index contributed by atoms with van der Waals surface area (Å²) in [6.45, 7) is 1.40. The van der Waals surface area contributed by atoms with E-state index in [-0.39, 0.29) is 24.1 Å². The third kappa shape index (κ3) is 3.07. The van der Waals surface area contributed by atoms with Crippen LogP contribution in [0.15, 0.2) is 24.3 Å². The molecule has 1 aromatic carbocycles. The van der Waals surface area contributed by atoms with Crippen molar-refractivity contribution in [3.8, 4) is 0 Å². The maximum atomic E-state index is 12.4. The molecular formula is C16H21ClN2O2. The summed E-state index contributed by atoms with van der Waals surface area (Å²) in [5.74, 6) is 0.150. The third-order valence-corrected chi connectivity index (χ3v) is 4.75. The molecule has 1 amide bonds. The molecule has 2 fully saturated rings. The molecule has 2 N–H and O–H groups in total. The van der Waals surface area contributed by atoms with Crippen LogP contribution in [-0.2, 0) is 9.53 Å². The number of benzene rings is 1. The molecule has 114 valence electrons. The Morgan fingerprint density at radius 3 is 2.86 bits per heavy atom. The van der Waals surface area contributed by atoms with Crippen molar-refractivity contribution in [2.24, 2.45) is 5.73 Å². The summed E-state index contributed by atoms with van der Waals surface area (Å²) in [7, 11) is 0. The lowest BCUT2D eigenvalue weighted by molar-refractivity contribution is -0.139. The van der Waals surface area contributed by atoms with E-state index in [1.807, 2.05) is 29.2 Å². The zero-order chi connectivity index (χ0) is 14.8. The average molecular weight is 309 g/mol. The number of likely N-dealkylation sites (tertiary alicyclic amines) is 1. The van der Waals surface area contributed by atoms with Crippen molar-refractivity contribution in [2.45, 2.75) is 43.9 Å². The van der Waals surface area contributed by atoms with Gasteiger partial charge in [-0.1, -0.05) is 29.8 Å². The highest BCUT2D eigenvalue weighted by Gasteiger charge is 2.37. The molecule has 1 aromatic rings. The zero-order valence-corrected chi connectivity index (χ0v) is 12.8. The van der Waals surface area contributed by atoms with Crippen LogP contribution in [0.4, 0.5) is 0 Å². The molecule has 3 rings (SSSR count). The Hall–Kier alpha value is -1.10. The molecule has 0 aliphatic carbocycles. The SMILES string of the molecule is NC1CCC(=O)N(CC2CCCO2)C1c1ccccc1Cl. The second-order valence-electron chi connectivity index (χ2n) is 5.85. The van der Waals surface area contributed by atoms with Gasteiger partial charge in [-0.25, -0.2) is 0 Å². The number of halogens is 1. The molecule has 2 heterocycles. The number of amides is 1. The van der Waals surface area contributed by atoms with Crippen molar-refractivity contribution in [3.05, 3.63) is 34.9 Å². The fourth-order valence-corrected chi connectivity index (χ4v) is 3.56. The van der Waals surface area contributed by atoms with E-state index < -0.39 is 0 Å². The van der Waals surface area contributed by atoms with Crippen molar-refractivity contribution in [3.63, 3.8) is 0 Å². The van der Waals surface area contributed by atoms with Gasteiger partial charge >= 0.3 is 0 Å². The van der Waals surface area contributed by atoms with Gasteiger partial charge in [0.2, 0.25) is 5.91 Å². The number of hydrogen-bond acceptors (Lipinski definition) is 3. The van der Waals surface area contributed by atoms with E-state index in [4.69, 9.17) is 22.1 Å². The summed E-state index contributed by atoms with van der Waals surface area (Å²) < 4.78 is 5.69. The molecule has 21 heavy (non-hydrogen) atoms. The lowest BCUT2D eigenvalue weighted by Crippen LogP contribution is -2.51. The molecular weight excluding hydrogens is 288 g/mol. The fourth-order valence-electron chi connectivity index (χ4n) is 3.31. The first kappa shape index (κ1) is 14.8. The van der Waals surface area contributed by atoms with Gasteiger partial charge < -0.3 is 15.4 Å². The van der Waals surface area contributed by atoms with E-state index in [9.17, 15) is 4.79 Å². The van der Waals surface area contributed by atoms with Crippen LogP contribution >= 0.6 is 11.6 Å². The molecule has 0 aromatic heterocycles. The predicted octanol–water partition coefficient (Wildman–Crippen LogP) is 2.51. The minimum Gasteiger partial charge on any atom is -0.376 e. The highest BCUT2D eigenvalue weighted by atomic mass is 35.5. The lowest BCUT2D eigenvalue weighted by atomic mass is 9.90. The first-order chi connectivity index (χ1) is 10.2. The van der Waals surface area contributed by atoms with Gasteiger partial charge in [-0.05, 0) is 30.9 Å². The van der Waals surface area contributed by atoms with Crippen molar-refractivity contribution in [2.75, 3.05) is 13.2 Å². The molecule has 4 nitrogen and oxygen atoms in total. The van der Waals surface area contributed by atoms with Crippen LogP contribution in [0.3, 0.4) is 0 Å².